The summed E-state index contributed by atoms with van der Waals surface area (Å²) in [5, 5.41) is 3.12. The molecule has 1 aromatic heterocycles. The average molecular weight is 778 g/mol. The van der Waals surface area contributed by atoms with Gasteiger partial charge in [0, 0.05) is 37.1 Å². The normalized spacial score (nSPS) is 16.0. The molecular weight excluding hydrogens is 715 g/mol. The zero-order valence-electron chi connectivity index (χ0n) is 33.7. The van der Waals surface area contributed by atoms with Gasteiger partial charge in [0.1, 0.15) is 12.4 Å². The maximum Gasteiger partial charge on any atom is 0.224 e. The molecule has 11 heteroatoms. The molecule has 0 spiro atoms. The van der Waals surface area contributed by atoms with E-state index in [1.165, 1.54) is 25.7 Å². The Morgan fingerprint density at radius 1 is 0.891 bits per heavy atom. The van der Waals surface area contributed by atoms with Crippen molar-refractivity contribution < 1.29 is 33.3 Å². The number of carbonyl (C=O) groups excluding carboxylic acids is 3. The number of ether oxygens (including phenoxy) is 4. The van der Waals surface area contributed by atoms with Gasteiger partial charge in [-0.15, -0.1) is 11.3 Å². The second-order valence-electron chi connectivity index (χ2n) is 14.8. The van der Waals surface area contributed by atoms with E-state index in [1.54, 1.807) is 16.2 Å². The van der Waals surface area contributed by atoms with Crippen LogP contribution in [0.2, 0.25) is 0 Å². The molecule has 3 aromatic rings. The molecule has 0 bridgehead atoms. The summed E-state index contributed by atoms with van der Waals surface area (Å²) in [5.41, 5.74) is 6.67. The minimum absolute atomic E-state index is 0.0338. The van der Waals surface area contributed by atoms with Crippen LogP contribution in [0.15, 0.2) is 48.0 Å². The zero-order valence-corrected chi connectivity index (χ0v) is 34.5. The number of hydrogen-bond acceptors (Lipinski definition) is 9. The summed E-state index contributed by atoms with van der Waals surface area (Å²) < 4.78 is 23.3. The SMILES string of the molecule is CCCCCCCOCCOCCOCCOc1cc(-c2scnc2C)ccc1CNC(=O)C1CCCC1C(=O)C(C(C)C)N(C=O)Cc1ccccc1C. The summed E-state index contributed by atoms with van der Waals surface area (Å²) in [6.07, 6.45) is 8.96. The van der Waals surface area contributed by atoms with Crippen LogP contribution in [0.25, 0.3) is 10.4 Å². The van der Waals surface area contributed by atoms with Crippen LogP contribution in [0.5, 0.6) is 5.75 Å². The van der Waals surface area contributed by atoms with E-state index in [0.717, 1.165) is 58.7 Å². The third-order valence-corrected chi connectivity index (χ3v) is 11.4. The fourth-order valence-electron chi connectivity index (χ4n) is 7.32. The molecule has 1 N–H and O–H groups in total. The molecule has 302 valence electrons. The summed E-state index contributed by atoms with van der Waals surface area (Å²) in [5.74, 6) is -0.529. The first kappa shape index (κ1) is 44.1. The number of ketones is 1. The highest BCUT2D eigenvalue weighted by Crippen LogP contribution is 2.36. The Kier molecular flexibility index (Phi) is 19.3. The van der Waals surface area contributed by atoms with E-state index in [1.807, 2.05) is 75.7 Å². The van der Waals surface area contributed by atoms with Gasteiger partial charge in [0.25, 0.3) is 0 Å². The van der Waals surface area contributed by atoms with Crippen molar-refractivity contribution in [3.8, 4) is 16.2 Å². The van der Waals surface area contributed by atoms with E-state index in [9.17, 15) is 14.4 Å². The third kappa shape index (κ3) is 13.8. The number of hydrogen-bond donors (Lipinski definition) is 1. The number of carbonyl (C=O) groups is 3. The van der Waals surface area contributed by atoms with E-state index in [2.05, 4.69) is 17.2 Å². The first-order valence-corrected chi connectivity index (χ1v) is 21.1. The predicted molar refractivity (Wildman–Crippen MR) is 218 cm³/mol. The lowest BCUT2D eigenvalue weighted by molar-refractivity contribution is -0.140. The fourth-order valence-corrected chi connectivity index (χ4v) is 8.13. The van der Waals surface area contributed by atoms with Crippen LogP contribution in [0, 0.1) is 31.6 Å². The minimum atomic E-state index is -0.615. The number of nitrogens with one attached hydrogen (secondary N) is 1. The van der Waals surface area contributed by atoms with Gasteiger partial charge in [-0.05, 0) is 61.8 Å². The molecule has 0 aliphatic heterocycles. The molecule has 2 amide bonds. The molecule has 2 aromatic carbocycles. The van der Waals surface area contributed by atoms with Gasteiger partial charge >= 0.3 is 0 Å². The number of aryl methyl sites for hydroxylation is 2. The van der Waals surface area contributed by atoms with Crippen LogP contribution in [0.1, 0.15) is 94.5 Å². The zero-order chi connectivity index (χ0) is 39.4. The predicted octanol–water partition coefficient (Wildman–Crippen LogP) is 8.11. The molecule has 3 unspecified atom stereocenters. The van der Waals surface area contributed by atoms with Gasteiger partial charge in [-0.25, -0.2) is 4.98 Å². The van der Waals surface area contributed by atoms with E-state index in [0.29, 0.717) is 64.8 Å². The van der Waals surface area contributed by atoms with Crippen LogP contribution in [-0.4, -0.2) is 80.3 Å². The van der Waals surface area contributed by atoms with Crippen molar-refractivity contribution in [2.45, 2.75) is 105 Å². The molecule has 55 heavy (non-hydrogen) atoms. The molecular formula is C44H63N3O7S. The Hall–Kier alpha value is -3.64. The summed E-state index contributed by atoms with van der Waals surface area (Å²) in [6, 6.07) is 13.3. The number of benzene rings is 2. The van der Waals surface area contributed by atoms with Crippen molar-refractivity contribution >= 4 is 29.4 Å². The number of aromatic nitrogens is 1. The van der Waals surface area contributed by atoms with Gasteiger partial charge in [0.05, 0.1) is 55.2 Å². The Balaban J connectivity index is 1.30. The van der Waals surface area contributed by atoms with Crippen molar-refractivity contribution in [2.24, 2.45) is 17.8 Å². The summed E-state index contributed by atoms with van der Waals surface area (Å²) in [7, 11) is 0. The Labute approximate surface area is 332 Å². The number of nitrogens with zero attached hydrogens (tertiary/aromatic N) is 2. The maximum atomic E-state index is 14.2. The number of thiazole rings is 1. The van der Waals surface area contributed by atoms with Crippen molar-refractivity contribution in [3.63, 3.8) is 0 Å². The lowest BCUT2D eigenvalue weighted by Crippen LogP contribution is -2.48. The highest BCUT2D eigenvalue weighted by molar-refractivity contribution is 7.13. The summed E-state index contributed by atoms with van der Waals surface area (Å²) in [6.45, 7) is 14.3. The van der Waals surface area contributed by atoms with Crippen LogP contribution in [-0.2, 0) is 41.7 Å². The molecule has 3 atom stereocenters. The third-order valence-electron chi connectivity index (χ3n) is 10.4. The van der Waals surface area contributed by atoms with Gasteiger partial charge in [-0.3, -0.25) is 14.4 Å². The molecule has 1 aliphatic carbocycles. The van der Waals surface area contributed by atoms with Gasteiger partial charge < -0.3 is 29.2 Å². The first-order valence-electron chi connectivity index (χ1n) is 20.2. The highest BCUT2D eigenvalue weighted by Gasteiger charge is 2.42. The standard InChI is InChI=1S/C44H63N3O7S/c1-6-7-8-9-12-20-51-21-22-52-23-24-53-25-26-54-40-27-35(43-34(5)46-30-55-43)18-19-36(40)28-45-44(50)39-17-13-16-38(39)42(49)41(32(2)3)47(31-48)29-37-15-11-10-14-33(37)4/h10-11,14-15,18-19,27,30-32,38-39,41H,6-9,12-13,16-17,20-26,28-29H2,1-5H3,(H,45,50). The average Bonchev–Trinajstić information content (AvgIpc) is 3.85. The number of amides is 2. The van der Waals surface area contributed by atoms with Crippen molar-refractivity contribution in [2.75, 3.05) is 46.2 Å². The van der Waals surface area contributed by atoms with Gasteiger partial charge in [-0.2, -0.15) is 0 Å². The van der Waals surface area contributed by atoms with E-state index in [-0.39, 0.29) is 24.2 Å². The number of Topliss-reactive ketones (excluding diaryl/α,β-unsaturated/α-hetero) is 1. The van der Waals surface area contributed by atoms with Crippen LogP contribution in [0.4, 0.5) is 0 Å². The van der Waals surface area contributed by atoms with Gasteiger partial charge in [0.15, 0.2) is 5.78 Å². The van der Waals surface area contributed by atoms with Crippen LogP contribution >= 0.6 is 11.3 Å². The smallest absolute Gasteiger partial charge is 0.224 e. The summed E-state index contributed by atoms with van der Waals surface area (Å²) in [4.78, 5) is 47.4. The van der Waals surface area contributed by atoms with Crippen molar-refractivity contribution in [1.29, 1.82) is 0 Å². The monoisotopic (exact) mass is 777 g/mol. The van der Waals surface area contributed by atoms with E-state index < -0.39 is 17.9 Å². The molecule has 0 radical (unpaired) electrons. The fraction of sp³-hybridized carbons (Fsp3) is 0.591. The molecule has 1 saturated carbocycles. The largest absolute Gasteiger partial charge is 0.491 e. The second-order valence-corrected chi connectivity index (χ2v) is 15.7. The lowest BCUT2D eigenvalue weighted by atomic mass is 9.83. The lowest BCUT2D eigenvalue weighted by Gasteiger charge is -2.33. The first-order chi connectivity index (χ1) is 26.7. The number of unbranched alkanes of at least 4 members (excludes halogenated alkanes) is 4. The Morgan fingerprint density at radius 2 is 1.58 bits per heavy atom. The molecule has 1 fully saturated rings. The second kappa shape index (κ2) is 24.1. The quantitative estimate of drug-likeness (QED) is 0.0610. The van der Waals surface area contributed by atoms with Gasteiger partial charge in [-0.1, -0.05) is 89.3 Å². The van der Waals surface area contributed by atoms with Crippen LogP contribution < -0.4 is 10.1 Å². The molecule has 10 nitrogen and oxygen atoms in total. The molecule has 1 heterocycles. The summed E-state index contributed by atoms with van der Waals surface area (Å²) >= 11 is 1.57. The van der Waals surface area contributed by atoms with Crippen molar-refractivity contribution in [3.05, 3.63) is 70.4 Å². The Bertz CT molecular complexity index is 1610. The molecule has 4 rings (SSSR count). The van der Waals surface area contributed by atoms with E-state index in [4.69, 9.17) is 18.9 Å². The number of rotatable bonds is 27. The maximum absolute atomic E-state index is 14.2. The minimum Gasteiger partial charge on any atom is -0.491 e. The highest BCUT2D eigenvalue weighted by atomic mass is 32.1. The van der Waals surface area contributed by atoms with Crippen LogP contribution in [0.3, 0.4) is 0 Å². The van der Waals surface area contributed by atoms with E-state index >= 15 is 0 Å². The van der Waals surface area contributed by atoms with Gasteiger partial charge in [0.2, 0.25) is 12.3 Å². The molecule has 1 aliphatic rings. The Morgan fingerprint density at radius 3 is 2.25 bits per heavy atom. The topological polar surface area (TPSA) is 116 Å². The van der Waals surface area contributed by atoms with Crippen molar-refractivity contribution in [1.82, 2.24) is 15.2 Å². The molecule has 0 saturated heterocycles.